The predicted octanol–water partition coefficient (Wildman–Crippen LogP) is 5.85. The number of hydrogen-bond donors (Lipinski definition) is 0. The summed E-state index contributed by atoms with van der Waals surface area (Å²) in [5.41, 5.74) is 3.11. The SMILES string of the molecule is Cc1ccc(S(=O)(=O)N2CCCN(c3nc(CC(C)C)nc4onc(-c5ccc6ccccc6c5)c34)CC2)cc1. The molecule has 8 nitrogen and oxygen atoms in total. The molecule has 206 valence electrons. The van der Waals surface area contributed by atoms with Crippen LogP contribution in [0, 0.1) is 12.8 Å². The monoisotopic (exact) mass is 555 g/mol. The van der Waals surface area contributed by atoms with Crippen molar-refractivity contribution in [2.24, 2.45) is 5.92 Å². The van der Waals surface area contributed by atoms with Gasteiger partial charge in [0.05, 0.1) is 4.90 Å². The van der Waals surface area contributed by atoms with E-state index in [-0.39, 0.29) is 0 Å². The molecule has 3 heterocycles. The zero-order chi connectivity index (χ0) is 27.9. The van der Waals surface area contributed by atoms with E-state index in [0.717, 1.165) is 33.1 Å². The van der Waals surface area contributed by atoms with Crippen molar-refractivity contribution in [3.05, 3.63) is 78.1 Å². The molecule has 1 aliphatic heterocycles. The minimum absolute atomic E-state index is 0.327. The lowest BCUT2D eigenvalue weighted by Gasteiger charge is -2.24. The fourth-order valence-electron chi connectivity index (χ4n) is 5.30. The van der Waals surface area contributed by atoms with Gasteiger partial charge in [0.2, 0.25) is 10.0 Å². The third kappa shape index (κ3) is 5.07. The van der Waals surface area contributed by atoms with Gasteiger partial charge in [0, 0.05) is 38.2 Å². The smallest absolute Gasteiger partial charge is 0.263 e. The molecule has 0 N–H and O–H groups in total. The predicted molar refractivity (Wildman–Crippen MR) is 158 cm³/mol. The first-order valence-corrected chi connectivity index (χ1v) is 15.2. The molecule has 0 unspecified atom stereocenters. The molecule has 0 saturated carbocycles. The molecule has 0 radical (unpaired) electrons. The van der Waals surface area contributed by atoms with E-state index in [0.29, 0.717) is 67.1 Å². The maximum atomic E-state index is 13.4. The standard InChI is InChI=1S/C31H33N5O3S/c1-21(2)19-27-32-30(35-15-6-16-36(18-17-35)40(37,38)26-13-9-22(3)10-14-26)28-29(34-39-31(28)33-27)25-12-11-23-7-4-5-8-24(23)20-25/h4-5,7-14,20-21H,6,15-19H2,1-3H3. The second-order valence-corrected chi connectivity index (χ2v) is 12.8. The van der Waals surface area contributed by atoms with Crippen molar-refractivity contribution in [2.45, 2.75) is 38.5 Å². The number of hydrogen-bond acceptors (Lipinski definition) is 7. The van der Waals surface area contributed by atoms with Crippen LogP contribution >= 0.6 is 0 Å². The summed E-state index contributed by atoms with van der Waals surface area (Å²) in [6.45, 7) is 8.18. The number of benzene rings is 3. The molecule has 0 atom stereocenters. The van der Waals surface area contributed by atoms with Gasteiger partial charge in [-0.05, 0) is 48.2 Å². The van der Waals surface area contributed by atoms with E-state index < -0.39 is 10.0 Å². The number of aryl methyl sites for hydroxylation is 1. The lowest BCUT2D eigenvalue weighted by molar-refractivity contribution is 0.433. The van der Waals surface area contributed by atoms with Gasteiger partial charge in [-0.25, -0.2) is 13.4 Å². The zero-order valence-electron chi connectivity index (χ0n) is 23.0. The first-order chi connectivity index (χ1) is 19.3. The summed E-state index contributed by atoms with van der Waals surface area (Å²) in [5.74, 6) is 1.82. The van der Waals surface area contributed by atoms with Crippen molar-refractivity contribution in [1.29, 1.82) is 0 Å². The Labute approximate surface area is 234 Å². The van der Waals surface area contributed by atoms with Gasteiger partial charge >= 0.3 is 0 Å². The normalized spacial score (nSPS) is 15.2. The highest BCUT2D eigenvalue weighted by Gasteiger charge is 2.29. The summed E-state index contributed by atoms with van der Waals surface area (Å²) in [6.07, 6.45) is 1.38. The highest BCUT2D eigenvalue weighted by atomic mass is 32.2. The highest BCUT2D eigenvalue weighted by molar-refractivity contribution is 7.89. The number of rotatable bonds is 6. The van der Waals surface area contributed by atoms with Crippen LogP contribution < -0.4 is 4.90 Å². The molecule has 0 amide bonds. The van der Waals surface area contributed by atoms with Gasteiger partial charge in [0.25, 0.3) is 5.71 Å². The van der Waals surface area contributed by atoms with Gasteiger partial charge in [-0.1, -0.05) is 73.1 Å². The van der Waals surface area contributed by atoms with Crippen LogP contribution in [0.25, 0.3) is 33.1 Å². The third-order valence-electron chi connectivity index (χ3n) is 7.39. The maximum Gasteiger partial charge on any atom is 0.263 e. The largest absolute Gasteiger partial charge is 0.354 e. The lowest BCUT2D eigenvalue weighted by Crippen LogP contribution is -2.35. The minimum Gasteiger partial charge on any atom is -0.354 e. The van der Waals surface area contributed by atoms with E-state index in [1.807, 2.05) is 37.3 Å². The van der Waals surface area contributed by atoms with Crippen LogP contribution in [-0.4, -0.2) is 54.0 Å². The number of sulfonamides is 1. The summed E-state index contributed by atoms with van der Waals surface area (Å²) in [4.78, 5) is 12.3. The number of nitrogens with zero attached hydrogens (tertiary/aromatic N) is 5. The lowest BCUT2D eigenvalue weighted by atomic mass is 10.0. The molecule has 3 aromatic carbocycles. The second-order valence-electron chi connectivity index (χ2n) is 10.9. The van der Waals surface area contributed by atoms with Crippen molar-refractivity contribution >= 4 is 37.7 Å². The molecule has 9 heteroatoms. The summed E-state index contributed by atoms with van der Waals surface area (Å²) >= 11 is 0. The Morgan fingerprint density at radius 1 is 0.900 bits per heavy atom. The average molecular weight is 556 g/mol. The van der Waals surface area contributed by atoms with Gasteiger partial charge in [0.15, 0.2) is 0 Å². The van der Waals surface area contributed by atoms with Crippen molar-refractivity contribution in [2.75, 3.05) is 31.1 Å². The van der Waals surface area contributed by atoms with Crippen molar-refractivity contribution in [3.8, 4) is 11.3 Å². The van der Waals surface area contributed by atoms with Crippen LogP contribution in [0.3, 0.4) is 0 Å². The van der Waals surface area contributed by atoms with Crippen LogP contribution in [0.1, 0.15) is 31.7 Å². The van der Waals surface area contributed by atoms with Gasteiger partial charge < -0.3 is 9.42 Å². The Morgan fingerprint density at radius 3 is 2.45 bits per heavy atom. The van der Waals surface area contributed by atoms with E-state index in [1.165, 1.54) is 0 Å². The minimum atomic E-state index is -3.59. The Hall–Kier alpha value is -3.82. The summed E-state index contributed by atoms with van der Waals surface area (Å²) in [6, 6.07) is 21.5. The fraction of sp³-hybridized carbons (Fsp3) is 0.323. The maximum absolute atomic E-state index is 13.4. The summed E-state index contributed by atoms with van der Waals surface area (Å²) in [7, 11) is -3.59. The third-order valence-corrected chi connectivity index (χ3v) is 9.30. The molecule has 40 heavy (non-hydrogen) atoms. The molecule has 0 spiro atoms. The van der Waals surface area contributed by atoms with E-state index in [2.05, 4.69) is 48.2 Å². The quantitative estimate of drug-likeness (QED) is 0.260. The van der Waals surface area contributed by atoms with Crippen molar-refractivity contribution < 1.29 is 12.9 Å². The number of fused-ring (bicyclic) bond motifs is 2. The number of anilines is 1. The molecule has 1 saturated heterocycles. The molecule has 0 aliphatic carbocycles. The van der Waals surface area contributed by atoms with E-state index in [1.54, 1.807) is 16.4 Å². The average Bonchev–Trinajstić information content (AvgIpc) is 3.20. The van der Waals surface area contributed by atoms with Gasteiger partial charge in [-0.15, -0.1) is 0 Å². The van der Waals surface area contributed by atoms with Crippen molar-refractivity contribution in [3.63, 3.8) is 0 Å². The van der Waals surface area contributed by atoms with E-state index >= 15 is 0 Å². The first-order valence-electron chi connectivity index (χ1n) is 13.8. The Morgan fingerprint density at radius 2 is 1.68 bits per heavy atom. The Bertz CT molecular complexity index is 1780. The Balaban J connectivity index is 1.39. The zero-order valence-corrected chi connectivity index (χ0v) is 23.9. The van der Waals surface area contributed by atoms with Gasteiger partial charge in [0.1, 0.15) is 22.7 Å². The highest BCUT2D eigenvalue weighted by Crippen LogP contribution is 2.36. The van der Waals surface area contributed by atoms with Crippen LogP contribution in [0.2, 0.25) is 0 Å². The molecule has 6 rings (SSSR count). The molecule has 1 fully saturated rings. The Kier molecular flexibility index (Phi) is 7.02. The first kappa shape index (κ1) is 26.4. The van der Waals surface area contributed by atoms with E-state index in [9.17, 15) is 8.42 Å². The van der Waals surface area contributed by atoms with Gasteiger partial charge in [-0.3, -0.25) is 0 Å². The molecular formula is C31H33N5O3S. The van der Waals surface area contributed by atoms with Crippen LogP contribution in [0.15, 0.2) is 76.1 Å². The van der Waals surface area contributed by atoms with Gasteiger partial charge in [-0.2, -0.15) is 9.29 Å². The molecule has 5 aromatic rings. The summed E-state index contributed by atoms with van der Waals surface area (Å²) in [5, 5.41) is 7.49. The molecular weight excluding hydrogens is 522 g/mol. The number of aromatic nitrogens is 3. The summed E-state index contributed by atoms with van der Waals surface area (Å²) < 4.78 is 34.3. The topological polar surface area (TPSA) is 92.4 Å². The van der Waals surface area contributed by atoms with Crippen LogP contribution in [0.5, 0.6) is 0 Å². The van der Waals surface area contributed by atoms with E-state index in [4.69, 9.17) is 14.5 Å². The van der Waals surface area contributed by atoms with Crippen LogP contribution in [0.4, 0.5) is 5.82 Å². The fourth-order valence-corrected chi connectivity index (χ4v) is 6.77. The van der Waals surface area contributed by atoms with Crippen molar-refractivity contribution in [1.82, 2.24) is 19.4 Å². The second kappa shape index (κ2) is 10.6. The molecule has 0 bridgehead atoms. The molecule has 1 aliphatic rings. The molecule has 2 aromatic heterocycles. The van der Waals surface area contributed by atoms with Crippen LogP contribution in [-0.2, 0) is 16.4 Å².